The first-order valence-corrected chi connectivity index (χ1v) is 7.12. The van der Waals surface area contributed by atoms with Gasteiger partial charge in [0.15, 0.2) is 0 Å². The Morgan fingerprint density at radius 2 is 2.15 bits per heavy atom. The minimum atomic E-state index is -4.15. The number of benzene rings is 1. The van der Waals surface area contributed by atoms with E-state index in [1.807, 2.05) is 12.1 Å². The van der Waals surface area contributed by atoms with Crippen molar-refractivity contribution in [3.05, 3.63) is 34.9 Å². The lowest BCUT2D eigenvalue weighted by molar-refractivity contribution is -0.125. The third kappa shape index (κ3) is 4.21. The number of hydrogen-bond acceptors (Lipinski definition) is 2. The van der Waals surface area contributed by atoms with Gasteiger partial charge in [-0.05, 0) is 36.1 Å². The van der Waals surface area contributed by atoms with Gasteiger partial charge in [-0.15, -0.1) is 0 Å². The van der Waals surface area contributed by atoms with Crippen LogP contribution in [0.25, 0.3) is 0 Å². The third-order valence-electron chi connectivity index (χ3n) is 3.60. The average molecular weight is 286 g/mol. The van der Waals surface area contributed by atoms with Gasteiger partial charge in [-0.1, -0.05) is 31.5 Å². The van der Waals surface area contributed by atoms with E-state index < -0.39 is 12.7 Å². The summed E-state index contributed by atoms with van der Waals surface area (Å²) in [5.41, 5.74) is 3.50. The molecule has 0 aliphatic carbocycles. The molecule has 0 spiro atoms. The highest BCUT2D eigenvalue weighted by Gasteiger charge is 2.26. The second kappa shape index (κ2) is 6.59. The highest BCUT2D eigenvalue weighted by molar-refractivity contribution is 5.36. The van der Waals surface area contributed by atoms with E-state index >= 15 is 0 Å². The predicted molar refractivity (Wildman–Crippen MR) is 73.6 cm³/mol. The number of halogens is 3. The Morgan fingerprint density at radius 1 is 1.35 bits per heavy atom. The van der Waals surface area contributed by atoms with Crippen LogP contribution in [0.1, 0.15) is 42.5 Å². The molecule has 1 aromatic rings. The van der Waals surface area contributed by atoms with Crippen LogP contribution in [0.2, 0.25) is 0 Å². The van der Waals surface area contributed by atoms with Gasteiger partial charge in [-0.25, -0.2) is 0 Å². The quantitative estimate of drug-likeness (QED) is 0.867. The number of rotatable bonds is 5. The monoisotopic (exact) mass is 286 g/mol. The van der Waals surface area contributed by atoms with Crippen LogP contribution in [0.15, 0.2) is 18.2 Å². The molecule has 2 N–H and O–H groups in total. The largest absolute Gasteiger partial charge is 0.401 e. The maximum atomic E-state index is 12.1. The number of nitrogens with one attached hydrogen (secondary N) is 2. The lowest BCUT2D eigenvalue weighted by atomic mass is 9.90. The molecule has 2 nitrogen and oxygen atoms in total. The van der Waals surface area contributed by atoms with Crippen molar-refractivity contribution in [2.24, 2.45) is 0 Å². The lowest BCUT2D eigenvalue weighted by Crippen LogP contribution is -2.30. The van der Waals surface area contributed by atoms with Crippen molar-refractivity contribution in [1.29, 1.82) is 0 Å². The normalized spacial score (nSPS) is 18.9. The van der Waals surface area contributed by atoms with Gasteiger partial charge in [0.1, 0.15) is 0 Å². The molecule has 5 heteroatoms. The predicted octanol–water partition coefficient (Wildman–Crippen LogP) is 3.33. The summed E-state index contributed by atoms with van der Waals surface area (Å²) < 4.78 is 36.3. The van der Waals surface area contributed by atoms with E-state index in [2.05, 4.69) is 23.6 Å². The smallest absolute Gasteiger partial charge is 0.310 e. The van der Waals surface area contributed by atoms with Gasteiger partial charge in [0, 0.05) is 12.6 Å². The van der Waals surface area contributed by atoms with Crippen LogP contribution in [0, 0.1) is 0 Å². The van der Waals surface area contributed by atoms with Gasteiger partial charge in [0.05, 0.1) is 6.54 Å². The molecule has 20 heavy (non-hydrogen) atoms. The Hall–Kier alpha value is -1.07. The summed E-state index contributed by atoms with van der Waals surface area (Å²) in [5.74, 6) is 0. The summed E-state index contributed by atoms with van der Waals surface area (Å²) in [5, 5.41) is 5.94. The van der Waals surface area contributed by atoms with E-state index in [1.165, 1.54) is 11.1 Å². The maximum Gasteiger partial charge on any atom is 0.401 e. The molecule has 0 saturated heterocycles. The topological polar surface area (TPSA) is 24.1 Å². The van der Waals surface area contributed by atoms with Crippen LogP contribution in [0.5, 0.6) is 0 Å². The van der Waals surface area contributed by atoms with Gasteiger partial charge in [0.2, 0.25) is 0 Å². The maximum absolute atomic E-state index is 12.1. The van der Waals surface area contributed by atoms with Crippen molar-refractivity contribution < 1.29 is 13.2 Å². The zero-order chi connectivity index (χ0) is 14.6. The van der Waals surface area contributed by atoms with E-state index in [9.17, 15) is 13.2 Å². The number of fused-ring (bicyclic) bond motifs is 1. The fourth-order valence-electron chi connectivity index (χ4n) is 2.71. The molecule has 2 rings (SSSR count). The molecule has 1 aromatic carbocycles. The molecule has 0 amide bonds. The molecule has 1 heterocycles. The minimum absolute atomic E-state index is 0.263. The van der Waals surface area contributed by atoms with Crippen molar-refractivity contribution in [2.45, 2.75) is 44.9 Å². The second-order valence-electron chi connectivity index (χ2n) is 5.30. The molecule has 0 bridgehead atoms. The Kier molecular flexibility index (Phi) is 5.05. The molecule has 0 saturated carbocycles. The number of hydrogen-bond donors (Lipinski definition) is 2. The molecule has 1 aliphatic rings. The summed E-state index contributed by atoms with van der Waals surface area (Å²) in [6, 6.07) is 6.42. The van der Waals surface area contributed by atoms with Crippen molar-refractivity contribution >= 4 is 0 Å². The number of alkyl halides is 3. The highest BCUT2D eigenvalue weighted by atomic mass is 19.4. The van der Waals surface area contributed by atoms with Crippen molar-refractivity contribution in [1.82, 2.24) is 10.6 Å². The molecule has 1 atom stereocenters. The summed E-state index contributed by atoms with van der Waals surface area (Å²) in [6.45, 7) is 2.42. The molecule has 0 radical (unpaired) electrons. The molecular formula is C15H21F3N2. The summed E-state index contributed by atoms with van der Waals surface area (Å²) in [7, 11) is 0. The highest BCUT2D eigenvalue weighted by Crippen LogP contribution is 2.27. The zero-order valence-corrected chi connectivity index (χ0v) is 11.7. The van der Waals surface area contributed by atoms with Crippen molar-refractivity contribution in [3.63, 3.8) is 0 Å². The fraction of sp³-hybridized carbons (Fsp3) is 0.600. The lowest BCUT2D eigenvalue weighted by Gasteiger charge is -2.27. The van der Waals surface area contributed by atoms with Gasteiger partial charge >= 0.3 is 6.18 Å². The van der Waals surface area contributed by atoms with Gasteiger partial charge in [0.25, 0.3) is 0 Å². The molecule has 0 aromatic heterocycles. The molecule has 1 aliphatic heterocycles. The Bertz CT molecular complexity index is 443. The first-order chi connectivity index (χ1) is 9.49. The Balaban J connectivity index is 2.00. The van der Waals surface area contributed by atoms with Gasteiger partial charge in [-0.3, -0.25) is 0 Å². The van der Waals surface area contributed by atoms with Crippen LogP contribution in [-0.2, 0) is 13.0 Å². The summed E-state index contributed by atoms with van der Waals surface area (Å²) in [4.78, 5) is 0. The first kappa shape index (κ1) is 15.3. The standard InChI is InChI=1S/C15H21F3N2/c1-2-3-14-13-5-4-11(8-12(13)6-7-20-14)9-19-10-15(16,17)18/h4-5,8,14,19-20H,2-3,6-7,9-10H2,1H3. The molecule has 112 valence electrons. The summed E-state index contributed by atoms with van der Waals surface area (Å²) in [6.07, 6.45) is -0.988. The third-order valence-corrected chi connectivity index (χ3v) is 3.60. The van der Waals surface area contributed by atoms with E-state index in [0.29, 0.717) is 6.04 Å². The van der Waals surface area contributed by atoms with Crippen LogP contribution < -0.4 is 10.6 Å². The van der Waals surface area contributed by atoms with Crippen molar-refractivity contribution in [2.75, 3.05) is 13.1 Å². The Labute approximate surface area is 117 Å². The van der Waals surface area contributed by atoms with E-state index in [1.54, 1.807) is 0 Å². The van der Waals surface area contributed by atoms with E-state index in [-0.39, 0.29) is 6.54 Å². The summed E-state index contributed by atoms with van der Waals surface area (Å²) >= 11 is 0. The van der Waals surface area contributed by atoms with Crippen molar-refractivity contribution in [3.8, 4) is 0 Å². The first-order valence-electron chi connectivity index (χ1n) is 7.12. The van der Waals surface area contributed by atoms with Crippen LogP contribution in [0.4, 0.5) is 13.2 Å². The van der Waals surface area contributed by atoms with Gasteiger partial charge in [-0.2, -0.15) is 13.2 Å². The van der Waals surface area contributed by atoms with Gasteiger partial charge < -0.3 is 10.6 Å². The minimum Gasteiger partial charge on any atom is -0.310 e. The van der Waals surface area contributed by atoms with Crippen LogP contribution in [0.3, 0.4) is 0 Å². The fourth-order valence-corrected chi connectivity index (χ4v) is 2.71. The molecule has 0 fully saturated rings. The molecular weight excluding hydrogens is 265 g/mol. The average Bonchev–Trinajstić information content (AvgIpc) is 2.37. The zero-order valence-electron chi connectivity index (χ0n) is 11.7. The van der Waals surface area contributed by atoms with Crippen LogP contribution in [-0.4, -0.2) is 19.3 Å². The second-order valence-corrected chi connectivity index (χ2v) is 5.30. The Morgan fingerprint density at radius 3 is 2.85 bits per heavy atom. The van der Waals surface area contributed by atoms with E-state index in [0.717, 1.165) is 31.4 Å². The SMILES string of the molecule is CCCC1NCCc2cc(CNCC(F)(F)F)ccc21. The van der Waals surface area contributed by atoms with Crippen LogP contribution >= 0.6 is 0 Å². The molecule has 1 unspecified atom stereocenters. The van der Waals surface area contributed by atoms with E-state index in [4.69, 9.17) is 0 Å².